The highest BCUT2D eigenvalue weighted by atomic mass is 35.5. The first-order valence-electron chi connectivity index (χ1n) is 5.08. The van der Waals surface area contributed by atoms with Gasteiger partial charge in [-0.3, -0.25) is 0 Å². The van der Waals surface area contributed by atoms with E-state index in [9.17, 15) is 0 Å². The molecule has 1 aliphatic carbocycles. The van der Waals surface area contributed by atoms with Crippen molar-refractivity contribution in [1.29, 1.82) is 0 Å². The van der Waals surface area contributed by atoms with Gasteiger partial charge in [-0.25, -0.2) is 0 Å². The first kappa shape index (κ1) is 10.8. The van der Waals surface area contributed by atoms with Crippen molar-refractivity contribution >= 4 is 11.6 Å². The molecule has 1 aromatic carbocycles. The molecule has 2 atom stereocenters. The van der Waals surface area contributed by atoms with E-state index in [4.69, 9.17) is 22.1 Å². The minimum atomic E-state index is 0.151. The monoisotopic (exact) mass is 225 g/mol. The fourth-order valence-corrected chi connectivity index (χ4v) is 2.52. The standard InChI is InChI=1S/C12H16ClNO/c1-12(2)9(11(12)14)7-5-4-6-8(13)10(7)15-3/h4-6,9,11H,14H2,1-3H3/t9-,11-/m1/s1. The predicted molar refractivity (Wildman–Crippen MR) is 62.5 cm³/mol. The second-order valence-electron chi connectivity index (χ2n) is 4.69. The Kier molecular flexibility index (Phi) is 2.44. The van der Waals surface area contributed by atoms with Crippen LogP contribution < -0.4 is 10.5 Å². The van der Waals surface area contributed by atoms with Gasteiger partial charge in [-0.1, -0.05) is 37.6 Å². The number of halogens is 1. The number of methoxy groups -OCH3 is 1. The third-order valence-electron chi connectivity index (χ3n) is 3.45. The quantitative estimate of drug-likeness (QED) is 0.840. The predicted octanol–water partition coefficient (Wildman–Crippen LogP) is 2.80. The zero-order valence-electron chi connectivity index (χ0n) is 9.25. The number of benzene rings is 1. The van der Waals surface area contributed by atoms with E-state index in [1.165, 1.54) is 0 Å². The lowest BCUT2D eigenvalue weighted by Crippen LogP contribution is -2.06. The second-order valence-corrected chi connectivity index (χ2v) is 5.09. The van der Waals surface area contributed by atoms with Gasteiger partial charge in [0.15, 0.2) is 0 Å². The Morgan fingerprint density at radius 2 is 2.00 bits per heavy atom. The molecule has 3 heteroatoms. The lowest BCUT2D eigenvalue weighted by molar-refractivity contribution is 0.408. The van der Waals surface area contributed by atoms with Crippen molar-refractivity contribution in [2.75, 3.05) is 7.11 Å². The average Bonchev–Trinajstić information content (AvgIpc) is 2.66. The summed E-state index contributed by atoms with van der Waals surface area (Å²) in [6.45, 7) is 4.34. The van der Waals surface area contributed by atoms with E-state index in [2.05, 4.69) is 13.8 Å². The van der Waals surface area contributed by atoms with Crippen LogP contribution in [0.2, 0.25) is 5.02 Å². The van der Waals surface area contributed by atoms with Gasteiger partial charge in [0, 0.05) is 17.5 Å². The van der Waals surface area contributed by atoms with Gasteiger partial charge >= 0.3 is 0 Å². The van der Waals surface area contributed by atoms with Crippen molar-refractivity contribution in [2.45, 2.75) is 25.8 Å². The Hall–Kier alpha value is -0.730. The molecule has 1 aromatic rings. The molecule has 2 nitrogen and oxygen atoms in total. The first-order chi connectivity index (χ1) is 7.00. The minimum Gasteiger partial charge on any atom is -0.495 e. The first-order valence-corrected chi connectivity index (χ1v) is 5.46. The Morgan fingerprint density at radius 3 is 2.47 bits per heavy atom. The van der Waals surface area contributed by atoms with Gasteiger partial charge in [0.05, 0.1) is 12.1 Å². The van der Waals surface area contributed by atoms with Gasteiger partial charge in [0.25, 0.3) is 0 Å². The second kappa shape index (κ2) is 3.39. The SMILES string of the molecule is COc1c(Cl)cccc1[C@@H]1[C@@H](N)C1(C)C. The lowest BCUT2D eigenvalue weighted by atomic mass is 10.0. The van der Waals surface area contributed by atoms with Crippen molar-refractivity contribution < 1.29 is 4.74 Å². The molecule has 15 heavy (non-hydrogen) atoms. The van der Waals surface area contributed by atoms with Crippen molar-refractivity contribution in [3.8, 4) is 5.75 Å². The van der Waals surface area contributed by atoms with E-state index in [-0.39, 0.29) is 11.5 Å². The smallest absolute Gasteiger partial charge is 0.140 e. The highest BCUT2D eigenvalue weighted by Gasteiger charge is 2.57. The van der Waals surface area contributed by atoms with Crippen LogP contribution in [0.1, 0.15) is 25.3 Å². The Bertz CT molecular complexity index is 389. The van der Waals surface area contributed by atoms with E-state index < -0.39 is 0 Å². The summed E-state index contributed by atoms with van der Waals surface area (Å²) in [6, 6.07) is 6.03. The van der Waals surface area contributed by atoms with Crippen molar-refractivity contribution in [3.63, 3.8) is 0 Å². The van der Waals surface area contributed by atoms with Gasteiger partial charge < -0.3 is 10.5 Å². The van der Waals surface area contributed by atoms with Crippen LogP contribution in [0.25, 0.3) is 0 Å². The fraction of sp³-hybridized carbons (Fsp3) is 0.500. The maximum absolute atomic E-state index is 6.08. The topological polar surface area (TPSA) is 35.2 Å². The van der Waals surface area contributed by atoms with Crippen LogP contribution in [-0.4, -0.2) is 13.2 Å². The zero-order chi connectivity index (χ0) is 11.2. The van der Waals surface area contributed by atoms with Crippen LogP contribution in [0.15, 0.2) is 18.2 Å². The highest BCUT2D eigenvalue weighted by Crippen LogP contribution is 2.59. The third kappa shape index (κ3) is 1.52. The lowest BCUT2D eigenvalue weighted by Gasteiger charge is -2.10. The van der Waals surface area contributed by atoms with Gasteiger partial charge in [-0.2, -0.15) is 0 Å². The average molecular weight is 226 g/mol. The summed E-state index contributed by atoms with van der Waals surface area (Å²) in [5.41, 5.74) is 7.33. The van der Waals surface area contributed by atoms with Crippen molar-refractivity contribution in [2.24, 2.45) is 11.1 Å². The van der Waals surface area contributed by atoms with E-state index in [0.29, 0.717) is 10.9 Å². The number of nitrogens with two attached hydrogens (primary N) is 1. The maximum Gasteiger partial charge on any atom is 0.140 e. The van der Waals surface area contributed by atoms with Crippen LogP contribution in [0.4, 0.5) is 0 Å². The number of hydrogen-bond donors (Lipinski definition) is 1. The van der Waals surface area contributed by atoms with E-state index in [1.54, 1.807) is 7.11 Å². The normalized spacial score (nSPS) is 27.5. The summed E-state index contributed by atoms with van der Waals surface area (Å²) in [4.78, 5) is 0. The fourth-order valence-electron chi connectivity index (χ4n) is 2.26. The molecule has 0 spiro atoms. The summed E-state index contributed by atoms with van der Waals surface area (Å²) >= 11 is 6.08. The van der Waals surface area contributed by atoms with Crippen LogP contribution in [0.3, 0.4) is 0 Å². The van der Waals surface area contributed by atoms with Gasteiger partial charge in [0.2, 0.25) is 0 Å². The van der Waals surface area contributed by atoms with E-state index in [1.807, 2.05) is 18.2 Å². The summed E-state index contributed by atoms with van der Waals surface area (Å²) in [6.07, 6.45) is 0. The summed E-state index contributed by atoms with van der Waals surface area (Å²) in [7, 11) is 1.64. The molecular formula is C12H16ClNO. The van der Waals surface area contributed by atoms with Crippen LogP contribution in [0.5, 0.6) is 5.75 Å². The van der Waals surface area contributed by atoms with E-state index >= 15 is 0 Å². The Morgan fingerprint density at radius 1 is 1.40 bits per heavy atom. The molecule has 0 aromatic heterocycles. The number of para-hydroxylation sites is 1. The summed E-state index contributed by atoms with van der Waals surface area (Å²) in [5, 5.41) is 0.657. The number of ether oxygens (including phenoxy) is 1. The molecule has 0 amide bonds. The zero-order valence-corrected chi connectivity index (χ0v) is 10.0. The van der Waals surface area contributed by atoms with E-state index in [0.717, 1.165) is 11.3 Å². The molecule has 2 rings (SSSR count). The highest BCUT2D eigenvalue weighted by molar-refractivity contribution is 6.32. The number of rotatable bonds is 2. The molecule has 82 valence electrons. The molecule has 0 radical (unpaired) electrons. The van der Waals surface area contributed by atoms with Gasteiger partial charge in [0.1, 0.15) is 5.75 Å². The molecule has 0 bridgehead atoms. The Balaban J connectivity index is 2.42. The summed E-state index contributed by atoms with van der Waals surface area (Å²) < 4.78 is 5.33. The maximum atomic E-state index is 6.08. The molecule has 0 unspecified atom stereocenters. The molecule has 1 saturated carbocycles. The van der Waals surface area contributed by atoms with Crippen LogP contribution in [0, 0.1) is 5.41 Å². The van der Waals surface area contributed by atoms with Crippen molar-refractivity contribution in [1.82, 2.24) is 0 Å². The van der Waals surface area contributed by atoms with Crippen LogP contribution in [-0.2, 0) is 0 Å². The molecule has 0 aliphatic heterocycles. The largest absolute Gasteiger partial charge is 0.495 e. The molecule has 0 heterocycles. The minimum absolute atomic E-state index is 0.151. The third-order valence-corrected chi connectivity index (χ3v) is 3.74. The molecular weight excluding hydrogens is 210 g/mol. The van der Waals surface area contributed by atoms with Crippen LogP contribution >= 0.6 is 11.6 Å². The van der Waals surface area contributed by atoms with Crippen molar-refractivity contribution in [3.05, 3.63) is 28.8 Å². The summed E-state index contributed by atoms with van der Waals surface area (Å²) in [5.74, 6) is 1.12. The number of hydrogen-bond acceptors (Lipinski definition) is 2. The molecule has 0 saturated heterocycles. The Labute approximate surface area is 95.4 Å². The molecule has 1 fully saturated rings. The molecule has 1 aliphatic rings. The molecule has 2 N–H and O–H groups in total. The van der Waals surface area contributed by atoms with Gasteiger partial charge in [-0.15, -0.1) is 0 Å². The van der Waals surface area contributed by atoms with Gasteiger partial charge in [-0.05, 0) is 11.5 Å².